The van der Waals surface area contributed by atoms with Crippen LogP contribution in [0.25, 0.3) is 0 Å². The maximum absolute atomic E-state index is 3.61. The lowest BCUT2D eigenvalue weighted by molar-refractivity contribution is 0.115. The van der Waals surface area contributed by atoms with Gasteiger partial charge in [-0.05, 0) is 38.4 Å². The van der Waals surface area contributed by atoms with Gasteiger partial charge in [-0.2, -0.15) is 11.8 Å². The van der Waals surface area contributed by atoms with Crippen LogP contribution in [0.5, 0.6) is 0 Å². The zero-order chi connectivity index (χ0) is 11.4. The van der Waals surface area contributed by atoms with E-state index in [1.807, 2.05) is 0 Å². The maximum atomic E-state index is 3.61. The summed E-state index contributed by atoms with van der Waals surface area (Å²) in [6.45, 7) is 6.04. The minimum atomic E-state index is 0.743. The molecule has 1 aliphatic carbocycles. The third-order valence-electron chi connectivity index (χ3n) is 4.27. The lowest BCUT2D eigenvalue weighted by Gasteiger charge is -2.41. The van der Waals surface area contributed by atoms with Crippen LogP contribution in [0, 0.1) is 0 Å². The van der Waals surface area contributed by atoms with Crippen LogP contribution in [0.2, 0.25) is 0 Å². The molecule has 0 spiro atoms. The number of rotatable bonds is 3. The van der Waals surface area contributed by atoms with Crippen molar-refractivity contribution in [2.24, 2.45) is 0 Å². The topological polar surface area (TPSA) is 15.3 Å². The fourth-order valence-electron chi connectivity index (χ4n) is 3.10. The number of hydrogen-bond acceptors (Lipinski definition) is 3. The van der Waals surface area contributed by atoms with Crippen LogP contribution in [-0.2, 0) is 0 Å². The van der Waals surface area contributed by atoms with E-state index in [4.69, 9.17) is 0 Å². The van der Waals surface area contributed by atoms with Gasteiger partial charge in [-0.15, -0.1) is 0 Å². The van der Waals surface area contributed by atoms with Crippen LogP contribution >= 0.6 is 11.8 Å². The molecule has 0 radical (unpaired) electrons. The number of nitrogens with zero attached hydrogens (tertiary/aromatic N) is 1. The average Bonchev–Trinajstić information content (AvgIpc) is 2.39. The monoisotopic (exact) mass is 242 g/mol. The van der Waals surface area contributed by atoms with Gasteiger partial charge < -0.3 is 5.32 Å². The van der Waals surface area contributed by atoms with Gasteiger partial charge >= 0.3 is 0 Å². The molecule has 0 aromatic heterocycles. The zero-order valence-corrected chi connectivity index (χ0v) is 11.6. The fourth-order valence-corrected chi connectivity index (χ4v) is 3.85. The van der Waals surface area contributed by atoms with E-state index in [0.29, 0.717) is 0 Å². The van der Waals surface area contributed by atoms with Gasteiger partial charge in [0.1, 0.15) is 0 Å². The highest BCUT2D eigenvalue weighted by Crippen LogP contribution is 2.30. The summed E-state index contributed by atoms with van der Waals surface area (Å²) in [5, 5.41) is 4.56. The Morgan fingerprint density at radius 2 is 2.00 bits per heavy atom. The van der Waals surface area contributed by atoms with Gasteiger partial charge in [-0.1, -0.05) is 6.92 Å². The SMILES string of the molecule is CCC1CN(C2CCC(SC)CC2)CCN1. The van der Waals surface area contributed by atoms with Crippen molar-refractivity contribution in [2.45, 2.75) is 56.4 Å². The van der Waals surface area contributed by atoms with Crippen molar-refractivity contribution in [1.29, 1.82) is 0 Å². The van der Waals surface area contributed by atoms with Crippen molar-refractivity contribution in [2.75, 3.05) is 25.9 Å². The van der Waals surface area contributed by atoms with E-state index in [-0.39, 0.29) is 0 Å². The van der Waals surface area contributed by atoms with Gasteiger partial charge in [0.2, 0.25) is 0 Å². The minimum Gasteiger partial charge on any atom is -0.311 e. The molecule has 1 unspecified atom stereocenters. The molecule has 2 rings (SSSR count). The second kappa shape index (κ2) is 6.27. The second-order valence-electron chi connectivity index (χ2n) is 5.22. The predicted octanol–water partition coefficient (Wildman–Crippen LogP) is 2.34. The quantitative estimate of drug-likeness (QED) is 0.818. The Morgan fingerprint density at radius 1 is 1.25 bits per heavy atom. The van der Waals surface area contributed by atoms with E-state index in [1.54, 1.807) is 0 Å². The molecular weight excluding hydrogens is 216 g/mol. The average molecular weight is 242 g/mol. The van der Waals surface area contributed by atoms with Gasteiger partial charge in [0, 0.05) is 37.0 Å². The highest BCUT2D eigenvalue weighted by molar-refractivity contribution is 7.99. The van der Waals surface area contributed by atoms with Gasteiger partial charge in [0.05, 0.1) is 0 Å². The molecule has 0 amide bonds. The number of thioether (sulfide) groups is 1. The summed E-state index contributed by atoms with van der Waals surface area (Å²) in [4.78, 5) is 2.75. The summed E-state index contributed by atoms with van der Waals surface area (Å²) in [7, 11) is 0. The first-order valence-corrected chi connectivity index (χ1v) is 8.12. The molecule has 3 heteroatoms. The predicted molar refractivity (Wildman–Crippen MR) is 73.2 cm³/mol. The van der Waals surface area contributed by atoms with Crippen LogP contribution < -0.4 is 5.32 Å². The number of hydrogen-bond donors (Lipinski definition) is 1. The molecule has 16 heavy (non-hydrogen) atoms. The summed E-state index contributed by atoms with van der Waals surface area (Å²) in [5.41, 5.74) is 0. The van der Waals surface area contributed by atoms with E-state index in [9.17, 15) is 0 Å². The van der Waals surface area contributed by atoms with Crippen molar-refractivity contribution in [3.63, 3.8) is 0 Å². The third-order valence-corrected chi connectivity index (χ3v) is 5.41. The number of nitrogens with one attached hydrogen (secondary N) is 1. The molecule has 94 valence electrons. The Balaban J connectivity index is 1.79. The molecule has 0 aromatic carbocycles. The third kappa shape index (κ3) is 3.14. The Morgan fingerprint density at radius 3 is 2.62 bits per heavy atom. The van der Waals surface area contributed by atoms with Gasteiger partial charge in [-0.3, -0.25) is 4.90 Å². The Kier molecular flexibility index (Phi) is 4.98. The zero-order valence-electron chi connectivity index (χ0n) is 10.7. The maximum Gasteiger partial charge on any atom is 0.0193 e. The van der Waals surface area contributed by atoms with Crippen LogP contribution in [0.4, 0.5) is 0 Å². The van der Waals surface area contributed by atoms with Crippen LogP contribution in [0.1, 0.15) is 39.0 Å². The molecule has 2 fully saturated rings. The van der Waals surface area contributed by atoms with E-state index >= 15 is 0 Å². The molecule has 1 saturated heterocycles. The normalized spacial score (nSPS) is 37.5. The van der Waals surface area contributed by atoms with E-state index in [1.165, 1.54) is 51.7 Å². The van der Waals surface area contributed by atoms with Gasteiger partial charge in [0.25, 0.3) is 0 Å². The lowest BCUT2D eigenvalue weighted by atomic mass is 9.92. The minimum absolute atomic E-state index is 0.743. The molecule has 2 aliphatic rings. The second-order valence-corrected chi connectivity index (χ2v) is 6.36. The molecule has 1 aliphatic heterocycles. The first-order chi connectivity index (χ1) is 7.83. The summed E-state index contributed by atoms with van der Waals surface area (Å²) in [5.74, 6) is 0. The first kappa shape index (κ1) is 12.7. The molecular formula is C13H26N2S. The van der Waals surface area contributed by atoms with E-state index in [0.717, 1.165) is 17.3 Å². The van der Waals surface area contributed by atoms with Crippen molar-refractivity contribution >= 4 is 11.8 Å². The first-order valence-electron chi connectivity index (χ1n) is 6.83. The molecule has 1 atom stereocenters. The summed E-state index contributed by atoms with van der Waals surface area (Å²) >= 11 is 2.07. The Hall–Kier alpha value is 0.270. The fraction of sp³-hybridized carbons (Fsp3) is 1.00. The summed E-state index contributed by atoms with van der Waals surface area (Å²) < 4.78 is 0. The molecule has 0 aromatic rings. The van der Waals surface area contributed by atoms with E-state index in [2.05, 4.69) is 35.2 Å². The molecule has 1 N–H and O–H groups in total. The Bertz CT molecular complexity index is 202. The summed E-state index contributed by atoms with van der Waals surface area (Å²) in [6.07, 6.45) is 9.28. The lowest BCUT2D eigenvalue weighted by Crippen LogP contribution is -2.54. The summed E-state index contributed by atoms with van der Waals surface area (Å²) in [6, 6.07) is 1.63. The van der Waals surface area contributed by atoms with Crippen LogP contribution in [0.3, 0.4) is 0 Å². The highest BCUT2D eigenvalue weighted by Gasteiger charge is 2.28. The van der Waals surface area contributed by atoms with Crippen molar-refractivity contribution in [1.82, 2.24) is 10.2 Å². The van der Waals surface area contributed by atoms with Crippen LogP contribution in [0.15, 0.2) is 0 Å². The molecule has 1 saturated carbocycles. The van der Waals surface area contributed by atoms with Gasteiger partial charge in [0.15, 0.2) is 0 Å². The molecule has 0 bridgehead atoms. The van der Waals surface area contributed by atoms with Gasteiger partial charge in [-0.25, -0.2) is 0 Å². The van der Waals surface area contributed by atoms with Crippen molar-refractivity contribution in [3.05, 3.63) is 0 Å². The van der Waals surface area contributed by atoms with Crippen molar-refractivity contribution < 1.29 is 0 Å². The largest absolute Gasteiger partial charge is 0.311 e. The van der Waals surface area contributed by atoms with Crippen molar-refractivity contribution in [3.8, 4) is 0 Å². The van der Waals surface area contributed by atoms with E-state index < -0.39 is 0 Å². The molecule has 2 nitrogen and oxygen atoms in total. The molecule has 1 heterocycles. The number of piperazine rings is 1. The smallest absolute Gasteiger partial charge is 0.0193 e. The standard InChI is InChI=1S/C13H26N2S/c1-3-11-10-15(9-8-14-11)12-4-6-13(16-2)7-5-12/h11-14H,3-10H2,1-2H3. The Labute approximate surface area is 105 Å². The van der Waals surface area contributed by atoms with Crippen LogP contribution in [-0.4, -0.2) is 48.1 Å². The highest BCUT2D eigenvalue weighted by atomic mass is 32.2.